The highest BCUT2D eigenvalue weighted by Crippen LogP contribution is 2.28. The molecule has 1 aliphatic rings. The van der Waals surface area contributed by atoms with Crippen LogP contribution >= 0.6 is 0 Å². The first kappa shape index (κ1) is 15.7. The van der Waals surface area contributed by atoms with E-state index < -0.39 is 0 Å². The zero-order valence-electron chi connectivity index (χ0n) is 15.3. The normalized spacial score (nSPS) is 16.9. The fourth-order valence-electron chi connectivity index (χ4n) is 3.62. The van der Waals surface area contributed by atoms with Crippen LogP contribution in [0.2, 0.25) is 0 Å². The van der Waals surface area contributed by atoms with Gasteiger partial charge >= 0.3 is 0 Å². The predicted octanol–water partition coefficient (Wildman–Crippen LogP) is 4.21. The summed E-state index contributed by atoms with van der Waals surface area (Å²) in [5, 5.41) is 2.57. The lowest BCUT2D eigenvalue weighted by atomic mass is 9.99. The number of fused-ring (bicyclic) bond motifs is 1. The molecule has 0 radical (unpaired) electrons. The molecule has 0 saturated carbocycles. The van der Waals surface area contributed by atoms with Crippen LogP contribution < -0.4 is 9.47 Å². The molecule has 3 heteroatoms. The van der Waals surface area contributed by atoms with Gasteiger partial charge in [0.2, 0.25) is 0 Å². The van der Waals surface area contributed by atoms with Gasteiger partial charge in [0.15, 0.2) is 6.17 Å². The van der Waals surface area contributed by atoms with Crippen LogP contribution in [0.15, 0.2) is 67.0 Å². The number of hydrogen-bond acceptors (Lipinski definition) is 2. The van der Waals surface area contributed by atoms with Crippen molar-refractivity contribution < 1.29 is 4.57 Å². The molecule has 2 aromatic carbocycles. The van der Waals surface area contributed by atoms with Gasteiger partial charge in [0.1, 0.15) is 11.9 Å². The summed E-state index contributed by atoms with van der Waals surface area (Å²) < 4.78 is 2.29. The van der Waals surface area contributed by atoms with Crippen molar-refractivity contribution in [3.8, 4) is 11.3 Å². The lowest BCUT2D eigenvalue weighted by Crippen LogP contribution is -2.43. The van der Waals surface area contributed by atoms with E-state index in [1.807, 2.05) is 0 Å². The Morgan fingerprint density at radius 3 is 2.32 bits per heavy atom. The second-order valence-corrected chi connectivity index (χ2v) is 6.85. The molecule has 0 N–H and O–H groups in total. The molecule has 0 bridgehead atoms. The highest BCUT2D eigenvalue weighted by Gasteiger charge is 2.30. The van der Waals surface area contributed by atoms with Crippen molar-refractivity contribution in [2.24, 2.45) is 7.05 Å². The van der Waals surface area contributed by atoms with E-state index in [-0.39, 0.29) is 0 Å². The summed E-state index contributed by atoms with van der Waals surface area (Å²) >= 11 is 0. The quantitative estimate of drug-likeness (QED) is 0.652. The van der Waals surface area contributed by atoms with Crippen LogP contribution in [0.1, 0.15) is 12.5 Å². The van der Waals surface area contributed by atoms with Crippen molar-refractivity contribution in [3.05, 3.63) is 72.6 Å². The Labute approximate surface area is 149 Å². The Hall–Kier alpha value is -2.81. The van der Waals surface area contributed by atoms with E-state index in [2.05, 4.69) is 109 Å². The van der Waals surface area contributed by atoms with Crippen LogP contribution in [-0.4, -0.2) is 18.1 Å². The van der Waals surface area contributed by atoms with Crippen LogP contribution in [0.25, 0.3) is 22.0 Å². The van der Waals surface area contributed by atoms with Crippen molar-refractivity contribution in [2.45, 2.75) is 20.0 Å². The Kier molecular flexibility index (Phi) is 3.72. The Morgan fingerprint density at radius 2 is 1.64 bits per heavy atom. The number of benzene rings is 2. The number of pyridine rings is 1. The van der Waals surface area contributed by atoms with Crippen molar-refractivity contribution in [2.75, 3.05) is 11.9 Å². The molecule has 3 aromatic rings. The van der Waals surface area contributed by atoms with Crippen LogP contribution in [0, 0.1) is 6.92 Å². The molecule has 0 amide bonds. The van der Waals surface area contributed by atoms with Gasteiger partial charge in [0, 0.05) is 24.9 Å². The molecule has 0 aliphatic carbocycles. The lowest BCUT2D eigenvalue weighted by Gasteiger charge is -2.22. The average molecular weight is 330 g/mol. The van der Waals surface area contributed by atoms with Gasteiger partial charge in [0.05, 0.1) is 7.05 Å². The minimum atomic E-state index is 0.319. The molecule has 0 fully saturated rings. The van der Waals surface area contributed by atoms with Gasteiger partial charge in [-0.15, -0.1) is 0 Å². The molecule has 25 heavy (non-hydrogen) atoms. The molecular formula is C22H24N3+. The third-order valence-electron chi connectivity index (χ3n) is 5.29. The topological polar surface area (TPSA) is 10.4 Å². The first-order valence-corrected chi connectivity index (χ1v) is 8.73. The van der Waals surface area contributed by atoms with Gasteiger partial charge in [-0.2, -0.15) is 0 Å². The van der Waals surface area contributed by atoms with Gasteiger partial charge in [-0.3, -0.25) is 0 Å². The maximum atomic E-state index is 2.31. The highest BCUT2D eigenvalue weighted by atomic mass is 15.4. The summed E-state index contributed by atoms with van der Waals surface area (Å²) in [5.74, 6) is 1.19. The Balaban J connectivity index is 1.86. The van der Waals surface area contributed by atoms with E-state index in [0.717, 1.165) is 0 Å². The summed E-state index contributed by atoms with van der Waals surface area (Å²) in [6, 6.07) is 19.7. The molecule has 0 spiro atoms. The van der Waals surface area contributed by atoms with Gasteiger partial charge in [-0.05, 0) is 48.4 Å². The second-order valence-electron chi connectivity index (χ2n) is 6.85. The summed E-state index contributed by atoms with van der Waals surface area (Å²) in [5.41, 5.74) is 3.82. The number of anilines is 1. The number of aryl methyl sites for hydroxylation is 1. The first-order valence-electron chi connectivity index (χ1n) is 8.73. The van der Waals surface area contributed by atoms with Crippen LogP contribution in [-0.2, 0) is 7.05 Å². The van der Waals surface area contributed by atoms with Crippen LogP contribution in [0.3, 0.4) is 0 Å². The summed E-state index contributed by atoms with van der Waals surface area (Å²) in [7, 11) is 4.26. The van der Waals surface area contributed by atoms with E-state index in [1.54, 1.807) is 0 Å². The second kappa shape index (κ2) is 5.92. The number of rotatable bonds is 2. The van der Waals surface area contributed by atoms with Crippen LogP contribution in [0.4, 0.5) is 5.82 Å². The fraction of sp³-hybridized carbons (Fsp3) is 0.227. The molecular weight excluding hydrogens is 306 g/mol. The smallest absolute Gasteiger partial charge is 0.283 e. The number of aromatic nitrogens is 1. The van der Waals surface area contributed by atoms with E-state index in [9.17, 15) is 0 Å². The van der Waals surface area contributed by atoms with Gasteiger partial charge < -0.3 is 4.90 Å². The van der Waals surface area contributed by atoms with Crippen molar-refractivity contribution in [3.63, 3.8) is 0 Å². The minimum Gasteiger partial charge on any atom is -0.339 e. The maximum Gasteiger partial charge on any atom is 0.283 e. The van der Waals surface area contributed by atoms with Crippen LogP contribution in [0.5, 0.6) is 0 Å². The van der Waals surface area contributed by atoms with E-state index in [1.165, 1.54) is 33.4 Å². The standard InChI is InChI=1S/C22H24N3/c1-16-14-18-8-5-6-9-19(18)15-20(16)21-10-7-11-22(24(21)4)25-13-12-23(3)17(25)2/h5-15,17H,1-4H3/q+1/t17-/m1/s1. The Morgan fingerprint density at radius 1 is 0.920 bits per heavy atom. The third kappa shape index (κ3) is 2.56. The molecule has 1 aromatic heterocycles. The predicted molar refractivity (Wildman–Crippen MR) is 104 cm³/mol. The number of nitrogens with zero attached hydrogens (tertiary/aromatic N) is 3. The zero-order valence-corrected chi connectivity index (χ0v) is 15.3. The first-order chi connectivity index (χ1) is 12.1. The van der Waals surface area contributed by atoms with Crippen molar-refractivity contribution in [1.82, 2.24) is 4.90 Å². The molecule has 1 atom stereocenters. The maximum absolute atomic E-state index is 2.31. The monoisotopic (exact) mass is 330 g/mol. The van der Waals surface area contributed by atoms with Crippen molar-refractivity contribution >= 4 is 16.6 Å². The largest absolute Gasteiger partial charge is 0.339 e. The van der Waals surface area contributed by atoms with E-state index in [0.29, 0.717) is 6.17 Å². The van der Waals surface area contributed by atoms with Gasteiger partial charge in [0.25, 0.3) is 5.82 Å². The molecule has 1 aliphatic heterocycles. The van der Waals surface area contributed by atoms with Gasteiger partial charge in [-0.25, -0.2) is 9.47 Å². The van der Waals surface area contributed by atoms with Gasteiger partial charge in [-0.1, -0.05) is 30.3 Å². The number of hydrogen-bond donors (Lipinski definition) is 0. The molecule has 126 valence electrons. The molecule has 0 saturated heterocycles. The molecule has 2 heterocycles. The SMILES string of the molecule is Cc1cc2ccccc2cc1-c1cccc(N2C=CN(C)[C@H]2C)[n+]1C. The fourth-order valence-corrected chi connectivity index (χ4v) is 3.62. The summed E-state index contributed by atoms with van der Waals surface area (Å²) in [6.07, 6.45) is 4.59. The lowest BCUT2D eigenvalue weighted by molar-refractivity contribution is -0.647. The minimum absolute atomic E-state index is 0.319. The average Bonchev–Trinajstić information content (AvgIpc) is 2.94. The Bertz CT molecular complexity index is 974. The highest BCUT2D eigenvalue weighted by molar-refractivity contribution is 5.88. The zero-order chi connectivity index (χ0) is 17.6. The molecule has 4 rings (SSSR count). The van der Waals surface area contributed by atoms with E-state index in [4.69, 9.17) is 0 Å². The van der Waals surface area contributed by atoms with Crippen molar-refractivity contribution in [1.29, 1.82) is 0 Å². The van der Waals surface area contributed by atoms with E-state index >= 15 is 0 Å². The molecule has 0 unspecified atom stereocenters. The third-order valence-corrected chi connectivity index (χ3v) is 5.29. The molecule has 3 nitrogen and oxygen atoms in total. The summed E-state index contributed by atoms with van der Waals surface area (Å²) in [6.45, 7) is 4.41. The summed E-state index contributed by atoms with van der Waals surface area (Å²) in [4.78, 5) is 4.52.